The van der Waals surface area contributed by atoms with E-state index in [-0.39, 0.29) is 11.4 Å². The lowest BCUT2D eigenvalue weighted by molar-refractivity contribution is -0.384. The fraction of sp³-hybridized carbons (Fsp3) is 0.333. The molecule has 21 heavy (non-hydrogen) atoms. The highest BCUT2D eigenvalue weighted by Crippen LogP contribution is 2.31. The highest BCUT2D eigenvalue weighted by atomic mass is 16.6. The van der Waals surface area contributed by atoms with E-state index in [1.807, 2.05) is 0 Å². The van der Waals surface area contributed by atoms with Crippen LogP contribution in [-0.4, -0.2) is 34.9 Å². The lowest BCUT2D eigenvalue weighted by Crippen LogP contribution is -2.40. The monoisotopic (exact) mass is 296 g/mol. The SMILES string of the molecule is CC(O)c1ccc(N(CC(N)=O)CC(N)=O)c([N+](=O)[O-])c1. The first-order valence-corrected chi connectivity index (χ1v) is 6.00. The van der Waals surface area contributed by atoms with E-state index in [1.54, 1.807) is 0 Å². The summed E-state index contributed by atoms with van der Waals surface area (Å²) in [5, 5.41) is 20.6. The molecule has 1 atom stereocenters. The molecule has 9 nitrogen and oxygen atoms in total. The van der Waals surface area contributed by atoms with Gasteiger partial charge in [-0.3, -0.25) is 19.7 Å². The number of nitro groups is 1. The van der Waals surface area contributed by atoms with Crippen LogP contribution in [0.2, 0.25) is 0 Å². The first-order valence-electron chi connectivity index (χ1n) is 6.00. The van der Waals surface area contributed by atoms with Gasteiger partial charge < -0.3 is 21.5 Å². The maximum Gasteiger partial charge on any atom is 0.292 e. The van der Waals surface area contributed by atoms with Crippen LogP contribution in [0.5, 0.6) is 0 Å². The molecule has 2 amide bonds. The maximum absolute atomic E-state index is 11.1. The Balaban J connectivity index is 3.31. The van der Waals surface area contributed by atoms with Crippen molar-refractivity contribution in [2.45, 2.75) is 13.0 Å². The quantitative estimate of drug-likeness (QED) is 0.452. The molecule has 0 aromatic heterocycles. The van der Waals surface area contributed by atoms with E-state index < -0.39 is 35.9 Å². The predicted molar refractivity (Wildman–Crippen MR) is 74.3 cm³/mol. The van der Waals surface area contributed by atoms with Gasteiger partial charge in [0, 0.05) is 6.07 Å². The summed E-state index contributed by atoms with van der Waals surface area (Å²) in [7, 11) is 0. The molecule has 9 heteroatoms. The summed E-state index contributed by atoms with van der Waals surface area (Å²) >= 11 is 0. The van der Waals surface area contributed by atoms with Crippen molar-refractivity contribution in [3.63, 3.8) is 0 Å². The van der Waals surface area contributed by atoms with Crippen molar-refractivity contribution in [3.05, 3.63) is 33.9 Å². The Morgan fingerprint density at radius 3 is 2.24 bits per heavy atom. The van der Waals surface area contributed by atoms with Crippen LogP contribution in [0, 0.1) is 10.1 Å². The summed E-state index contributed by atoms with van der Waals surface area (Å²) in [5.74, 6) is -1.52. The van der Waals surface area contributed by atoms with Gasteiger partial charge in [-0.1, -0.05) is 6.07 Å². The second-order valence-electron chi connectivity index (χ2n) is 4.47. The number of nitrogens with two attached hydrogens (primary N) is 2. The number of rotatable bonds is 7. The number of aliphatic hydroxyl groups excluding tert-OH is 1. The van der Waals surface area contributed by atoms with Crippen LogP contribution < -0.4 is 16.4 Å². The summed E-state index contributed by atoms with van der Waals surface area (Å²) in [4.78, 5) is 33.7. The topological polar surface area (TPSA) is 153 Å². The predicted octanol–water partition coefficient (Wildman–Crippen LogP) is -0.575. The number of carbonyl (C=O) groups is 2. The molecule has 0 saturated carbocycles. The number of benzene rings is 1. The first-order chi connectivity index (χ1) is 9.72. The van der Waals surface area contributed by atoms with Gasteiger partial charge in [-0.15, -0.1) is 0 Å². The molecule has 5 N–H and O–H groups in total. The molecule has 1 rings (SSSR count). The number of primary amides is 2. The molecule has 0 spiro atoms. The van der Waals surface area contributed by atoms with Gasteiger partial charge in [0.05, 0.1) is 24.1 Å². The molecule has 1 aromatic rings. The van der Waals surface area contributed by atoms with Crippen molar-refractivity contribution in [1.29, 1.82) is 0 Å². The number of nitrogens with zero attached hydrogens (tertiary/aromatic N) is 2. The van der Waals surface area contributed by atoms with Gasteiger partial charge in [0.15, 0.2) is 0 Å². The van der Waals surface area contributed by atoms with E-state index in [0.717, 1.165) is 4.90 Å². The largest absolute Gasteiger partial charge is 0.389 e. The Labute approximate surface area is 120 Å². The number of carbonyl (C=O) groups excluding carboxylic acids is 2. The summed E-state index contributed by atoms with van der Waals surface area (Å²) in [5.41, 5.74) is 10.2. The second-order valence-corrected chi connectivity index (χ2v) is 4.47. The van der Waals surface area contributed by atoms with Crippen molar-refractivity contribution >= 4 is 23.2 Å². The zero-order valence-electron chi connectivity index (χ0n) is 11.4. The molecule has 0 aliphatic carbocycles. The first kappa shape index (κ1) is 16.4. The maximum atomic E-state index is 11.1. The normalized spacial score (nSPS) is 11.7. The number of aliphatic hydroxyl groups is 1. The van der Waals surface area contributed by atoms with Gasteiger partial charge in [0.25, 0.3) is 5.69 Å². The average Bonchev–Trinajstić information content (AvgIpc) is 2.35. The highest BCUT2D eigenvalue weighted by Gasteiger charge is 2.23. The van der Waals surface area contributed by atoms with Gasteiger partial charge in [0.2, 0.25) is 11.8 Å². The summed E-state index contributed by atoms with van der Waals surface area (Å²) in [6.45, 7) is 0.679. The van der Waals surface area contributed by atoms with E-state index >= 15 is 0 Å². The fourth-order valence-electron chi connectivity index (χ4n) is 1.82. The molecule has 114 valence electrons. The summed E-state index contributed by atoms with van der Waals surface area (Å²) in [6, 6.07) is 3.98. The number of anilines is 1. The lowest BCUT2D eigenvalue weighted by atomic mass is 10.1. The average molecular weight is 296 g/mol. The Morgan fingerprint density at radius 1 is 1.33 bits per heavy atom. The van der Waals surface area contributed by atoms with Crippen LogP contribution in [0.25, 0.3) is 0 Å². The Bertz CT molecular complexity index is 557. The summed E-state index contributed by atoms with van der Waals surface area (Å²) in [6.07, 6.45) is -0.890. The zero-order chi connectivity index (χ0) is 16.2. The number of amides is 2. The minimum absolute atomic E-state index is 0.0296. The third-order valence-corrected chi connectivity index (χ3v) is 2.71. The van der Waals surface area contributed by atoms with Gasteiger partial charge in [-0.2, -0.15) is 0 Å². The van der Waals surface area contributed by atoms with Gasteiger partial charge >= 0.3 is 0 Å². The molecule has 0 radical (unpaired) electrons. The van der Waals surface area contributed by atoms with Gasteiger partial charge in [-0.25, -0.2) is 0 Å². The van der Waals surface area contributed by atoms with Crippen LogP contribution in [-0.2, 0) is 9.59 Å². The molecule has 0 heterocycles. The molecule has 1 unspecified atom stereocenters. The molecule has 0 aliphatic heterocycles. The second kappa shape index (κ2) is 6.66. The standard InChI is InChI=1S/C12H16N4O5/c1-7(17)8-2-3-9(10(4-8)16(20)21)15(5-11(13)18)6-12(14)19/h2-4,7,17H,5-6H2,1H3,(H2,13,18)(H2,14,19). The number of nitro benzene ring substituents is 1. The minimum Gasteiger partial charge on any atom is -0.389 e. The third kappa shape index (κ3) is 4.42. The Morgan fingerprint density at radius 2 is 1.86 bits per heavy atom. The van der Waals surface area contributed by atoms with Crippen LogP contribution in [0.3, 0.4) is 0 Å². The van der Waals surface area contributed by atoms with Crippen LogP contribution in [0.15, 0.2) is 18.2 Å². The highest BCUT2D eigenvalue weighted by molar-refractivity contribution is 5.86. The molecule has 0 aliphatic rings. The third-order valence-electron chi connectivity index (χ3n) is 2.71. The van der Waals surface area contributed by atoms with Crippen molar-refractivity contribution in [2.24, 2.45) is 11.5 Å². The lowest BCUT2D eigenvalue weighted by Gasteiger charge is -2.22. The molecule has 0 fully saturated rings. The van der Waals surface area contributed by atoms with Crippen molar-refractivity contribution < 1.29 is 19.6 Å². The molecule has 0 bridgehead atoms. The number of hydrogen-bond acceptors (Lipinski definition) is 6. The zero-order valence-corrected chi connectivity index (χ0v) is 11.4. The van der Waals surface area contributed by atoms with Gasteiger partial charge in [-0.05, 0) is 18.6 Å². The Kier molecular flexibility index (Phi) is 5.19. The minimum atomic E-state index is -0.890. The van der Waals surface area contributed by atoms with E-state index in [0.29, 0.717) is 5.56 Å². The van der Waals surface area contributed by atoms with E-state index in [4.69, 9.17) is 11.5 Å². The van der Waals surface area contributed by atoms with Gasteiger partial charge in [0.1, 0.15) is 5.69 Å². The van der Waals surface area contributed by atoms with Crippen LogP contribution in [0.4, 0.5) is 11.4 Å². The van der Waals surface area contributed by atoms with Crippen molar-refractivity contribution in [1.82, 2.24) is 0 Å². The van der Waals surface area contributed by atoms with Crippen molar-refractivity contribution in [2.75, 3.05) is 18.0 Å². The van der Waals surface area contributed by atoms with E-state index in [9.17, 15) is 24.8 Å². The Hall–Kier alpha value is -2.68. The molecule has 0 saturated heterocycles. The van der Waals surface area contributed by atoms with E-state index in [2.05, 4.69) is 0 Å². The smallest absolute Gasteiger partial charge is 0.292 e. The van der Waals surface area contributed by atoms with Crippen LogP contribution >= 0.6 is 0 Å². The van der Waals surface area contributed by atoms with Crippen molar-refractivity contribution in [3.8, 4) is 0 Å². The van der Waals surface area contributed by atoms with E-state index in [1.165, 1.54) is 25.1 Å². The summed E-state index contributed by atoms with van der Waals surface area (Å²) < 4.78 is 0. The molecule has 1 aromatic carbocycles. The number of hydrogen-bond donors (Lipinski definition) is 3. The fourth-order valence-corrected chi connectivity index (χ4v) is 1.82. The molecular formula is C12H16N4O5. The van der Waals surface area contributed by atoms with Crippen LogP contribution in [0.1, 0.15) is 18.6 Å². The molecular weight excluding hydrogens is 280 g/mol.